The van der Waals surface area contributed by atoms with Crippen molar-refractivity contribution in [2.75, 3.05) is 19.6 Å². The van der Waals surface area contributed by atoms with Crippen molar-refractivity contribution in [2.45, 2.75) is 52.2 Å². The van der Waals surface area contributed by atoms with Crippen molar-refractivity contribution in [1.82, 2.24) is 15.5 Å². The quantitative estimate of drug-likeness (QED) is 0.480. The SMILES string of the molecule is C#CCNC(=NCc1ccc(CN2CCCCC2C)cc1)NCC. The molecule has 0 amide bonds. The van der Waals surface area contributed by atoms with Crippen molar-refractivity contribution in [2.24, 2.45) is 4.99 Å². The van der Waals surface area contributed by atoms with Crippen LogP contribution in [0.1, 0.15) is 44.2 Å². The number of piperidine rings is 1. The molecule has 2 N–H and O–H groups in total. The molecule has 130 valence electrons. The Balaban J connectivity index is 1.89. The second-order valence-corrected chi connectivity index (χ2v) is 6.38. The molecule has 0 spiro atoms. The fraction of sp³-hybridized carbons (Fsp3) is 0.550. The summed E-state index contributed by atoms with van der Waals surface area (Å²) < 4.78 is 0. The number of benzene rings is 1. The second kappa shape index (κ2) is 10.00. The lowest BCUT2D eigenvalue weighted by Crippen LogP contribution is -2.37. The van der Waals surface area contributed by atoms with Gasteiger partial charge in [0.05, 0.1) is 13.1 Å². The number of terminal acetylenes is 1. The Bertz CT molecular complexity index is 556. The molecule has 0 aromatic heterocycles. The number of rotatable bonds is 6. The monoisotopic (exact) mass is 326 g/mol. The lowest BCUT2D eigenvalue weighted by molar-refractivity contribution is 0.152. The molecule has 0 aliphatic carbocycles. The largest absolute Gasteiger partial charge is 0.357 e. The third kappa shape index (κ3) is 5.90. The van der Waals surface area contributed by atoms with E-state index in [4.69, 9.17) is 6.42 Å². The van der Waals surface area contributed by atoms with Crippen molar-refractivity contribution < 1.29 is 0 Å². The zero-order valence-electron chi connectivity index (χ0n) is 15.0. The van der Waals surface area contributed by atoms with E-state index in [1.807, 2.05) is 6.92 Å². The third-order valence-electron chi connectivity index (χ3n) is 4.47. The Morgan fingerprint density at radius 3 is 2.67 bits per heavy atom. The van der Waals surface area contributed by atoms with Crippen LogP contribution in [0.3, 0.4) is 0 Å². The molecular weight excluding hydrogens is 296 g/mol. The van der Waals surface area contributed by atoms with E-state index in [9.17, 15) is 0 Å². The summed E-state index contributed by atoms with van der Waals surface area (Å²) in [5.74, 6) is 3.33. The minimum Gasteiger partial charge on any atom is -0.357 e. The maximum atomic E-state index is 5.28. The first-order valence-corrected chi connectivity index (χ1v) is 9.00. The summed E-state index contributed by atoms with van der Waals surface area (Å²) in [6, 6.07) is 9.52. The number of guanidine groups is 1. The van der Waals surface area contributed by atoms with Crippen LogP contribution in [0.5, 0.6) is 0 Å². The predicted octanol–water partition coefficient (Wildman–Crippen LogP) is 2.75. The van der Waals surface area contributed by atoms with Crippen LogP contribution in [0.2, 0.25) is 0 Å². The molecule has 1 fully saturated rings. The van der Waals surface area contributed by atoms with E-state index in [-0.39, 0.29) is 0 Å². The maximum Gasteiger partial charge on any atom is 0.192 e. The fourth-order valence-corrected chi connectivity index (χ4v) is 3.02. The van der Waals surface area contributed by atoms with Gasteiger partial charge >= 0.3 is 0 Å². The molecule has 0 radical (unpaired) electrons. The van der Waals surface area contributed by atoms with Gasteiger partial charge in [0.15, 0.2) is 5.96 Å². The molecule has 1 atom stereocenters. The zero-order chi connectivity index (χ0) is 17.2. The van der Waals surface area contributed by atoms with Gasteiger partial charge in [-0.1, -0.05) is 36.6 Å². The van der Waals surface area contributed by atoms with Gasteiger partial charge in [-0.05, 0) is 44.4 Å². The molecule has 24 heavy (non-hydrogen) atoms. The predicted molar refractivity (Wildman–Crippen MR) is 102 cm³/mol. The van der Waals surface area contributed by atoms with Crippen LogP contribution in [0.15, 0.2) is 29.3 Å². The van der Waals surface area contributed by atoms with Crippen LogP contribution in [0.4, 0.5) is 0 Å². The van der Waals surface area contributed by atoms with Crippen molar-refractivity contribution in [3.05, 3.63) is 35.4 Å². The minimum atomic E-state index is 0.485. The normalized spacial score (nSPS) is 18.9. The molecule has 1 aliphatic heterocycles. The highest BCUT2D eigenvalue weighted by Crippen LogP contribution is 2.19. The van der Waals surface area contributed by atoms with Crippen LogP contribution in [-0.4, -0.2) is 36.5 Å². The molecule has 2 rings (SSSR count). The number of hydrogen-bond donors (Lipinski definition) is 2. The van der Waals surface area contributed by atoms with Gasteiger partial charge in [-0.15, -0.1) is 6.42 Å². The summed E-state index contributed by atoms with van der Waals surface area (Å²) >= 11 is 0. The topological polar surface area (TPSA) is 39.7 Å². The Kier molecular flexibility index (Phi) is 7.64. The first-order chi connectivity index (χ1) is 11.7. The molecule has 1 aliphatic rings. The standard InChI is InChI=1S/C20H30N4/c1-4-13-22-20(21-5-2)23-15-18-9-11-19(12-10-18)16-24-14-7-6-8-17(24)3/h1,9-12,17H,5-8,13-16H2,2-3H3,(H2,21,22,23). The number of nitrogens with one attached hydrogen (secondary N) is 2. The highest BCUT2D eigenvalue weighted by molar-refractivity contribution is 5.79. The van der Waals surface area contributed by atoms with Gasteiger partial charge in [0.25, 0.3) is 0 Å². The van der Waals surface area contributed by atoms with E-state index in [1.165, 1.54) is 36.9 Å². The van der Waals surface area contributed by atoms with Gasteiger partial charge in [-0.3, -0.25) is 4.90 Å². The van der Waals surface area contributed by atoms with Crippen molar-refractivity contribution >= 4 is 5.96 Å². The van der Waals surface area contributed by atoms with Crippen LogP contribution >= 0.6 is 0 Å². The van der Waals surface area contributed by atoms with Gasteiger partial charge < -0.3 is 10.6 Å². The number of likely N-dealkylation sites (tertiary alicyclic amines) is 1. The van der Waals surface area contributed by atoms with Gasteiger partial charge in [0.2, 0.25) is 0 Å². The summed E-state index contributed by atoms with van der Waals surface area (Å²) in [6.45, 7) is 8.62. The van der Waals surface area contributed by atoms with Crippen molar-refractivity contribution in [3.63, 3.8) is 0 Å². The van der Waals surface area contributed by atoms with Crippen molar-refractivity contribution in [3.8, 4) is 12.3 Å². The van der Waals surface area contributed by atoms with E-state index in [2.05, 4.69) is 57.6 Å². The first-order valence-electron chi connectivity index (χ1n) is 9.00. The average molecular weight is 326 g/mol. The lowest BCUT2D eigenvalue weighted by atomic mass is 10.0. The van der Waals surface area contributed by atoms with Crippen molar-refractivity contribution in [1.29, 1.82) is 0 Å². The summed E-state index contributed by atoms with van der Waals surface area (Å²) in [5.41, 5.74) is 2.59. The van der Waals surface area contributed by atoms with Gasteiger partial charge in [-0.25, -0.2) is 4.99 Å². The zero-order valence-corrected chi connectivity index (χ0v) is 15.0. The Morgan fingerprint density at radius 2 is 2.00 bits per heavy atom. The Labute approximate surface area is 146 Å². The van der Waals surface area contributed by atoms with Crippen LogP contribution in [0, 0.1) is 12.3 Å². The molecule has 1 saturated heterocycles. The van der Waals surface area contributed by atoms with E-state index in [0.717, 1.165) is 19.0 Å². The molecule has 1 aromatic rings. The van der Waals surface area contributed by atoms with E-state index in [1.54, 1.807) is 0 Å². The molecule has 4 heteroatoms. The van der Waals surface area contributed by atoms with Crippen LogP contribution in [-0.2, 0) is 13.1 Å². The molecule has 0 saturated carbocycles. The highest BCUT2D eigenvalue weighted by atomic mass is 15.2. The average Bonchev–Trinajstić information content (AvgIpc) is 2.60. The van der Waals surface area contributed by atoms with Crippen LogP contribution < -0.4 is 10.6 Å². The van der Waals surface area contributed by atoms with E-state index in [0.29, 0.717) is 19.1 Å². The minimum absolute atomic E-state index is 0.485. The van der Waals surface area contributed by atoms with E-state index >= 15 is 0 Å². The van der Waals surface area contributed by atoms with Crippen LogP contribution in [0.25, 0.3) is 0 Å². The number of aliphatic imine (C=N–C) groups is 1. The molecular formula is C20H30N4. The van der Waals surface area contributed by atoms with Gasteiger partial charge in [0, 0.05) is 19.1 Å². The second-order valence-electron chi connectivity index (χ2n) is 6.38. The summed E-state index contributed by atoms with van der Waals surface area (Å²) in [7, 11) is 0. The molecule has 0 bridgehead atoms. The lowest BCUT2D eigenvalue weighted by Gasteiger charge is -2.33. The van der Waals surface area contributed by atoms with Gasteiger partial charge in [0.1, 0.15) is 0 Å². The number of nitrogens with zero attached hydrogens (tertiary/aromatic N) is 2. The third-order valence-corrected chi connectivity index (χ3v) is 4.47. The molecule has 1 unspecified atom stereocenters. The fourth-order valence-electron chi connectivity index (χ4n) is 3.02. The highest BCUT2D eigenvalue weighted by Gasteiger charge is 2.17. The summed E-state index contributed by atoms with van der Waals surface area (Å²) in [6.07, 6.45) is 9.31. The molecule has 1 aromatic carbocycles. The number of hydrogen-bond acceptors (Lipinski definition) is 2. The van der Waals surface area contributed by atoms with E-state index < -0.39 is 0 Å². The smallest absolute Gasteiger partial charge is 0.192 e. The molecule has 1 heterocycles. The maximum absolute atomic E-state index is 5.28. The summed E-state index contributed by atoms with van der Waals surface area (Å²) in [4.78, 5) is 7.15. The Hall–Kier alpha value is -1.99. The molecule has 4 nitrogen and oxygen atoms in total. The first kappa shape index (κ1) is 18.4. The summed E-state index contributed by atoms with van der Waals surface area (Å²) in [5, 5.41) is 6.30. The van der Waals surface area contributed by atoms with Gasteiger partial charge in [-0.2, -0.15) is 0 Å². The Morgan fingerprint density at radius 1 is 1.25 bits per heavy atom.